The van der Waals surface area contributed by atoms with Crippen LogP contribution < -0.4 is 14.8 Å². The van der Waals surface area contributed by atoms with Crippen LogP contribution in [0.25, 0.3) is 0 Å². The Hall–Kier alpha value is -2.17. The molecule has 94 valence electrons. The van der Waals surface area contributed by atoms with Gasteiger partial charge in [0.2, 0.25) is 5.79 Å². The number of imidazole rings is 1. The molecule has 0 unspecified atom stereocenters. The maximum absolute atomic E-state index is 5.69. The maximum atomic E-state index is 5.69. The molecule has 0 saturated heterocycles. The Balaban J connectivity index is 1.72. The Bertz CT molecular complexity index is 549. The first-order chi connectivity index (χ1) is 8.62. The van der Waals surface area contributed by atoms with Gasteiger partial charge in [-0.15, -0.1) is 0 Å². The predicted molar refractivity (Wildman–Crippen MR) is 67.7 cm³/mol. The van der Waals surface area contributed by atoms with Crippen molar-refractivity contribution in [3.63, 3.8) is 0 Å². The van der Waals surface area contributed by atoms with Crippen LogP contribution in [0.3, 0.4) is 0 Å². The van der Waals surface area contributed by atoms with Gasteiger partial charge in [-0.2, -0.15) is 0 Å². The van der Waals surface area contributed by atoms with Crippen molar-refractivity contribution >= 4 is 5.69 Å². The maximum Gasteiger partial charge on any atom is 0.246 e. The van der Waals surface area contributed by atoms with E-state index in [0.29, 0.717) is 6.54 Å². The van der Waals surface area contributed by atoms with Crippen LogP contribution in [0.1, 0.15) is 19.5 Å². The third kappa shape index (κ3) is 2.11. The highest BCUT2D eigenvalue weighted by molar-refractivity contribution is 5.56. The van der Waals surface area contributed by atoms with E-state index in [2.05, 4.69) is 15.3 Å². The summed E-state index contributed by atoms with van der Waals surface area (Å²) in [7, 11) is 0. The number of hydrogen-bond acceptors (Lipinski definition) is 4. The number of hydrogen-bond donors (Lipinski definition) is 2. The van der Waals surface area contributed by atoms with Gasteiger partial charge in [0.15, 0.2) is 11.5 Å². The lowest BCUT2D eigenvalue weighted by atomic mass is 10.2. The van der Waals surface area contributed by atoms with Crippen LogP contribution in [0, 0.1) is 0 Å². The van der Waals surface area contributed by atoms with Crippen LogP contribution in [0.2, 0.25) is 0 Å². The fraction of sp³-hybridized carbons (Fsp3) is 0.308. The van der Waals surface area contributed by atoms with Gasteiger partial charge >= 0.3 is 0 Å². The van der Waals surface area contributed by atoms with Crippen molar-refractivity contribution in [3.05, 3.63) is 36.4 Å². The summed E-state index contributed by atoms with van der Waals surface area (Å²) in [6, 6.07) is 5.83. The zero-order valence-corrected chi connectivity index (χ0v) is 10.4. The summed E-state index contributed by atoms with van der Waals surface area (Å²) in [6.45, 7) is 4.48. The molecule has 5 heteroatoms. The molecule has 18 heavy (non-hydrogen) atoms. The summed E-state index contributed by atoms with van der Waals surface area (Å²) < 4.78 is 11.3. The monoisotopic (exact) mass is 245 g/mol. The number of fused-ring (bicyclic) bond motifs is 1. The van der Waals surface area contributed by atoms with Crippen molar-refractivity contribution in [1.29, 1.82) is 0 Å². The van der Waals surface area contributed by atoms with E-state index in [-0.39, 0.29) is 0 Å². The van der Waals surface area contributed by atoms with Crippen molar-refractivity contribution in [3.8, 4) is 11.5 Å². The van der Waals surface area contributed by atoms with Gasteiger partial charge in [-0.05, 0) is 12.1 Å². The molecule has 3 rings (SSSR count). The highest BCUT2D eigenvalue weighted by Gasteiger charge is 2.31. The second-order valence-corrected chi connectivity index (χ2v) is 4.70. The van der Waals surface area contributed by atoms with E-state index < -0.39 is 5.79 Å². The average molecular weight is 245 g/mol. The van der Waals surface area contributed by atoms with Crippen LogP contribution in [0.5, 0.6) is 11.5 Å². The lowest BCUT2D eigenvalue weighted by Crippen LogP contribution is -2.29. The molecule has 0 bridgehead atoms. The normalized spacial score (nSPS) is 15.7. The quantitative estimate of drug-likeness (QED) is 0.872. The highest BCUT2D eigenvalue weighted by Crippen LogP contribution is 2.40. The summed E-state index contributed by atoms with van der Waals surface area (Å²) in [5.74, 6) is 0.978. The van der Waals surface area contributed by atoms with Gasteiger partial charge in [0.25, 0.3) is 0 Å². The van der Waals surface area contributed by atoms with Crippen LogP contribution in [-0.4, -0.2) is 15.8 Å². The van der Waals surface area contributed by atoms with Crippen molar-refractivity contribution in [2.24, 2.45) is 0 Å². The zero-order valence-electron chi connectivity index (χ0n) is 10.4. The predicted octanol–water partition coefficient (Wildman–Crippen LogP) is 2.53. The van der Waals surface area contributed by atoms with Gasteiger partial charge in [-0.3, -0.25) is 0 Å². The minimum atomic E-state index is -0.579. The molecule has 0 radical (unpaired) electrons. The summed E-state index contributed by atoms with van der Waals surface area (Å²) in [5, 5.41) is 3.30. The van der Waals surface area contributed by atoms with Crippen molar-refractivity contribution < 1.29 is 9.47 Å². The van der Waals surface area contributed by atoms with Gasteiger partial charge in [0.05, 0.1) is 18.6 Å². The van der Waals surface area contributed by atoms with E-state index in [1.807, 2.05) is 32.0 Å². The fourth-order valence-electron chi connectivity index (χ4n) is 1.91. The molecule has 0 aliphatic carbocycles. The molecule has 2 N–H and O–H groups in total. The molecule has 1 aromatic heterocycles. The van der Waals surface area contributed by atoms with Gasteiger partial charge in [-0.25, -0.2) is 4.98 Å². The summed E-state index contributed by atoms with van der Waals surface area (Å²) in [4.78, 5) is 7.01. The average Bonchev–Trinajstić information content (AvgIpc) is 2.90. The minimum absolute atomic E-state index is 0.579. The molecule has 0 atom stereocenters. The Morgan fingerprint density at radius 2 is 2.11 bits per heavy atom. The van der Waals surface area contributed by atoms with Crippen LogP contribution in [0.15, 0.2) is 30.7 Å². The largest absolute Gasteiger partial charge is 0.449 e. The molecule has 2 aromatic rings. The second kappa shape index (κ2) is 3.94. The molecule has 0 amide bonds. The van der Waals surface area contributed by atoms with E-state index in [4.69, 9.17) is 9.47 Å². The summed E-state index contributed by atoms with van der Waals surface area (Å²) in [5.41, 5.74) is 2.03. The van der Waals surface area contributed by atoms with Gasteiger partial charge in [0.1, 0.15) is 0 Å². The summed E-state index contributed by atoms with van der Waals surface area (Å²) >= 11 is 0. The fourth-order valence-corrected chi connectivity index (χ4v) is 1.91. The molecule has 0 fully saturated rings. The molecule has 5 nitrogen and oxygen atoms in total. The number of ether oxygens (including phenoxy) is 2. The van der Waals surface area contributed by atoms with Gasteiger partial charge < -0.3 is 19.8 Å². The van der Waals surface area contributed by atoms with E-state index in [0.717, 1.165) is 22.9 Å². The van der Waals surface area contributed by atoms with Gasteiger partial charge in [0, 0.05) is 31.8 Å². The number of H-pyrrole nitrogens is 1. The van der Waals surface area contributed by atoms with E-state index in [1.165, 1.54) is 0 Å². The molecule has 2 heterocycles. The number of rotatable bonds is 3. The smallest absolute Gasteiger partial charge is 0.246 e. The first kappa shape index (κ1) is 11.0. The van der Waals surface area contributed by atoms with E-state index >= 15 is 0 Å². The van der Waals surface area contributed by atoms with Crippen LogP contribution in [-0.2, 0) is 6.54 Å². The number of anilines is 1. The molecular formula is C13H15N3O2. The second-order valence-electron chi connectivity index (χ2n) is 4.70. The molecule has 0 spiro atoms. The minimum Gasteiger partial charge on any atom is -0.449 e. The lowest BCUT2D eigenvalue weighted by molar-refractivity contribution is -0.0431. The molecule has 1 aromatic carbocycles. The third-order valence-electron chi connectivity index (χ3n) is 2.69. The Morgan fingerprint density at radius 1 is 1.28 bits per heavy atom. The van der Waals surface area contributed by atoms with Crippen molar-refractivity contribution in [1.82, 2.24) is 9.97 Å². The third-order valence-corrected chi connectivity index (χ3v) is 2.69. The topological polar surface area (TPSA) is 59.2 Å². The lowest BCUT2D eigenvalue weighted by Gasteiger charge is -2.16. The van der Waals surface area contributed by atoms with Crippen LogP contribution in [0.4, 0.5) is 5.69 Å². The SMILES string of the molecule is CC1(C)Oc2ccc(NCc3cnc[nH]3)cc2O1. The number of nitrogens with one attached hydrogen (secondary N) is 2. The Morgan fingerprint density at radius 3 is 2.89 bits per heavy atom. The number of nitrogens with zero attached hydrogens (tertiary/aromatic N) is 1. The van der Waals surface area contributed by atoms with Gasteiger partial charge in [-0.1, -0.05) is 0 Å². The first-order valence-corrected chi connectivity index (χ1v) is 5.86. The van der Waals surface area contributed by atoms with Crippen molar-refractivity contribution in [2.45, 2.75) is 26.2 Å². The van der Waals surface area contributed by atoms with E-state index in [9.17, 15) is 0 Å². The van der Waals surface area contributed by atoms with Crippen LogP contribution >= 0.6 is 0 Å². The molecule has 0 saturated carbocycles. The molecule has 1 aliphatic heterocycles. The number of aromatic nitrogens is 2. The Labute approximate surface area is 105 Å². The zero-order chi connectivity index (χ0) is 12.6. The van der Waals surface area contributed by atoms with E-state index in [1.54, 1.807) is 12.5 Å². The highest BCUT2D eigenvalue weighted by atomic mass is 16.7. The Kier molecular flexibility index (Phi) is 2.40. The summed E-state index contributed by atoms with van der Waals surface area (Å²) in [6.07, 6.45) is 3.46. The molecular weight excluding hydrogens is 230 g/mol. The number of aromatic amines is 1. The first-order valence-electron chi connectivity index (χ1n) is 5.86. The van der Waals surface area contributed by atoms with Crippen molar-refractivity contribution in [2.75, 3.05) is 5.32 Å². The number of benzene rings is 1. The standard InChI is InChI=1S/C13H15N3O2/c1-13(2)17-11-4-3-9(5-12(11)18-13)15-7-10-6-14-8-16-10/h3-6,8,15H,7H2,1-2H3,(H,14,16). The molecule has 1 aliphatic rings.